The van der Waals surface area contributed by atoms with E-state index in [2.05, 4.69) is 226 Å². The second-order valence-corrected chi connectivity index (χ2v) is 18.6. The molecule has 0 atom stereocenters. The maximum absolute atomic E-state index is 5.13. The number of benzene rings is 9. The van der Waals surface area contributed by atoms with E-state index in [9.17, 15) is 0 Å². The van der Waals surface area contributed by atoms with E-state index in [0.717, 1.165) is 33.4 Å². The molecule has 0 amide bonds. The molecule has 10 aromatic rings. The van der Waals surface area contributed by atoms with Crippen molar-refractivity contribution >= 4 is 11.8 Å². The molecule has 4 heteroatoms. The molecule has 0 N–H and O–H groups in total. The first-order valence-corrected chi connectivity index (χ1v) is 23.1. The Morgan fingerprint density at radius 1 is 0.277 bits per heavy atom. The lowest BCUT2D eigenvalue weighted by Crippen LogP contribution is -2.43. The summed E-state index contributed by atoms with van der Waals surface area (Å²) in [5.41, 5.74) is 17.2. The van der Waals surface area contributed by atoms with E-state index >= 15 is 0 Å². The van der Waals surface area contributed by atoms with E-state index in [0.29, 0.717) is 17.5 Å². The molecule has 1 aliphatic heterocycles. The Labute approximate surface area is 384 Å². The van der Waals surface area contributed by atoms with Crippen molar-refractivity contribution in [3.05, 3.63) is 258 Å². The molecule has 0 saturated heterocycles. The van der Waals surface area contributed by atoms with Crippen molar-refractivity contribution in [3.8, 4) is 67.5 Å². The molecule has 0 unspecified atom stereocenters. The smallest absolute Gasteiger partial charge is 0.164 e. The van der Waals surface area contributed by atoms with Crippen molar-refractivity contribution in [2.75, 3.05) is 0 Å². The van der Waals surface area contributed by atoms with E-state index in [1.54, 1.807) is 0 Å². The van der Waals surface area contributed by atoms with Crippen LogP contribution in [0.15, 0.2) is 234 Å². The highest BCUT2D eigenvalue weighted by atomic mass is 32.2. The maximum Gasteiger partial charge on any atom is 0.164 e. The van der Waals surface area contributed by atoms with Gasteiger partial charge >= 0.3 is 0 Å². The third-order valence-electron chi connectivity index (χ3n) is 13.5. The molecular formula is C61H43N3S. The quantitative estimate of drug-likeness (QED) is 0.167. The van der Waals surface area contributed by atoms with Crippen LogP contribution in [-0.2, 0) is 10.8 Å². The molecule has 9 aromatic carbocycles. The second-order valence-electron chi connectivity index (χ2n) is 17.5. The summed E-state index contributed by atoms with van der Waals surface area (Å²) < 4.78 is 0. The van der Waals surface area contributed by atoms with E-state index < -0.39 is 5.41 Å². The van der Waals surface area contributed by atoms with Gasteiger partial charge in [0.05, 0.1) is 5.41 Å². The Balaban J connectivity index is 0.954. The summed E-state index contributed by atoms with van der Waals surface area (Å²) in [6.07, 6.45) is 0. The lowest BCUT2D eigenvalue weighted by Gasteiger charge is -2.50. The van der Waals surface area contributed by atoms with Crippen LogP contribution < -0.4 is 0 Å². The normalized spacial score (nSPS) is 13.9. The number of aromatic nitrogens is 3. The van der Waals surface area contributed by atoms with Gasteiger partial charge in [0.15, 0.2) is 17.5 Å². The first-order valence-electron chi connectivity index (χ1n) is 22.3. The van der Waals surface area contributed by atoms with Crippen molar-refractivity contribution in [2.24, 2.45) is 0 Å². The molecule has 1 spiro atoms. The van der Waals surface area contributed by atoms with Crippen molar-refractivity contribution < 1.29 is 0 Å². The summed E-state index contributed by atoms with van der Waals surface area (Å²) in [4.78, 5) is 18.0. The maximum atomic E-state index is 5.13. The Hall–Kier alpha value is -7.66. The van der Waals surface area contributed by atoms with Crippen LogP contribution in [0.5, 0.6) is 0 Å². The summed E-state index contributed by atoms with van der Waals surface area (Å²) in [5, 5.41) is 0. The summed E-state index contributed by atoms with van der Waals surface area (Å²) >= 11 is 1.88. The average molecular weight is 850 g/mol. The fourth-order valence-corrected chi connectivity index (χ4v) is 11.4. The molecule has 0 radical (unpaired) electrons. The highest BCUT2D eigenvalue weighted by Gasteiger charge is 2.52. The number of hydrogen-bond acceptors (Lipinski definition) is 4. The molecule has 0 bridgehead atoms. The van der Waals surface area contributed by atoms with Crippen LogP contribution in [0.1, 0.15) is 47.2 Å². The summed E-state index contributed by atoms with van der Waals surface area (Å²) in [5.74, 6) is 1.90. The minimum atomic E-state index is -0.444. The monoisotopic (exact) mass is 849 g/mol. The zero-order chi connectivity index (χ0) is 43.5. The van der Waals surface area contributed by atoms with Gasteiger partial charge < -0.3 is 0 Å². The Morgan fingerprint density at radius 2 is 0.600 bits per heavy atom. The first-order chi connectivity index (χ1) is 31.9. The highest BCUT2D eigenvalue weighted by molar-refractivity contribution is 7.99. The zero-order valence-electron chi connectivity index (χ0n) is 36.1. The predicted molar refractivity (Wildman–Crippen MR) is 267 cm³/mol. The van der Waals surface area contributed by atoms with Gasteiger partial charge in [-0.1, -0.05) is 232 Å². The van der Waals surface area contributed by atoms with E-state index in [-0.39, 0.29) is 5.41 Å². The summed E-state index contributed by atoms with van der Waals surface area (Å²) in [6.45, 7) is 4.78. The van der Waals surface area contributed by atoms with Crippen LogP contribution in [0.2, 0.25) is 0 Å². The summed E-state index contributed by atoms with van der Waals surface area (Å²) in [6, 6.07) is 81.0. The molecule has 3 nitrogen and oxygen atoms in total. The minimum absolute atomic E-state index is 0.238. The van der Waals surface area contributed by atoms with Gasteiger partial charge in [-0.2, -0.15) is 0 Å². The van der Waals surface area contributed by atoms with E-state index in [1.807, 2.05) is 23.9 Å². The standard InChI is InChI=1S/C61H43N3S/c1-60(2)49-19-9-10-20-50(49)61(52-21-11-13-23-55(52)65-56-24-14-12-22-53(56)61)51-38-37-48(39-54(51)60)44-29-35-47(36-30-44)59-63-57(45-31-25-42(26-32-45)40-15-5-3-6-16-40)62-58(64-59)46-33-27-43(28-34-46)41-17-7-4-8-18-41/h3-39H,1-2H3. The van der Waals surface area contributed by atoms with Crippen molar-refractivity contribution in [1.29, 1.82) is 0 Å². The number of rotatable bonds is 6. The number of hydrogen-bond donors (Lipinski definition) is 0. The van der Waals surface area contributed by atoms with Gasteiger partial charge in [-0.25, -0.2) is 15.0 Å². The fourth-order valence-electron chi connectivity index (χ4n) is 10.2. The molecule has 1 aromatic heterocycles. The fraction of sp³-hybridized carbons (Fsp3) is 0.0656. The van der Waals surface area contributed by atoms with Crippen LogP contribution in [0.25, 0.3) is 67.5 Å². The third kappa shape index (κ3) is 6.47. The van der Waals surface area contributed by atoms with Gasteiger partial charge in [0, 0.05) is 31.9 Å². The van der Waals surface area contributed by atoms with Gasteiger partial charge in [0.1, 0.15) is 0 Å². The van der Waals surface area contributed by atoms with Gasteiger partial charge in [0.25, 0.3) is 0 Å². The zero-order valence-corrected chi connectivity index (χ0v) is 36.9. The lowest BCUT2D eigenvalue weighted by molar-refractivity contribution is 0.549. The Bertz CT molecular complexity index is 3250. The number of fused-ring (bicyclic) bond motifs is 8. The SMILES string of the molecule is CC1(C)c2ccccc2C2(c3ccccc3Sc3ccccc32)c2ccc(-c3ccc(-c4nc(-c5ccc(-c6ccccc6)cc5)nc(-c5ccc(-c6ccccc6)cc5)n4)cc3)cc21. The largest absolute Gasteiger partial charge is 0.208 e. The molecular weight excluding hydrogens is 807 g/mol. The molecule has 0 saturated carbocycles. The Kier molecular flexibility index (Phi) is 9.32. The van der Waals surface area contributed by atoms with Crippen LogP contribution in [0.4, 0.5) is 0 Å². The topological polar surface area (TPSA) is 38.7 Å². The minimum Gasteiger partial charge on any atom is -0.208 e. The van der Waals surface area contributed by atoms with E-state index in [1.165, 1.54) is 59.9 Å². The van der Waals surface area contributed by atoms with Gasteiger partial charge in [-0.3, -0.25) is 0 Å². The van der Waals surface area contributed by atoms with Crippen molar-refractivity contribution in [1.82, 2.24) is 15.0 Å². The molecule has 12 rings (SSSR count). The molecule has 65 heavy (non-hydrogen) atoms. The van der Waals surface area contributed by atoms with Crippen molar-refractivity contribution in [2.45, 2.75) is 34.5 Å². The van der Waals surface area contributed by atoms with Gasteiger partial charge in [0.2, 0.25) is 0 Å². The average Bonchev–Trinajstić information content (AvgIpc) is 3.38. The molecule has 2 aliphatic rings. The summed E-state index contributed by atoms with van der Waals surface area (Å²) in [7, 11) is 0. The van der Waals surface area contributed by atoms with Gasteiger partial charge in [-0.15, -0.1) is 0 Å². The third-order valence-corrected chi connectivity index (χ3v) is 14.7. The van der Waals surface area contributed by atoms with Crippen LogP contribution in [-0.4, -0.2) is 15.0 Å². The lowest BCUT2D eigenvalue weighted by atomic mass is 9.54. The highest BCUT2D eigenvalue weighted by Crippen LogP contribution is 2.61. The van der Waals surface area contributed by atoms with E-state index in [4.69, 9.17) is 15.0 Å². The van der Waals surface area contributed by atoms with Crippen LogP contribution in [0.3, 0.4) is 0 Å². The van der Waals surface area contributed by atoms with Gasteiger partial charge in [-0.05, 0) is 85.0 Å². The van der Waals surface area contributed by atoms with Crippen LogP contribution in [0, 0.1) is 0 Å². The van der Waals surface area contributed by atoms with Crippen LogP contribution >= 0.6 is 11.8 Å². The van der Waals surface area contributed by atoms with Crippen molar-refractivity contribution in [3.63, 3.8) is 0 Å². The second kappa shape index (κ2) is 15.5. The molecule has 0 fully saturated rings. The molecule has 2 heterocycles. The first kappa shape index (κ1) is 39.0. The Morgan fingerprint density at radius 3 is 1.06 bits per heavy atom. The molecule has 1 aliphatic carbocycles. The molecule has 308 valence electrons. The predicted octanol–water partition coefficient (Wildman–Crippen LogP) is 15.4. The number of nitrogens with zero attached hydrogens (tertiary/aromatic N) is 3.